The van der Waals surface area contributed by atoms with Crippen LogP contribution in [-0.2, 0) is 11.2 Å². The minimum absolute atomic E-state index is 0.00221. The van der Waals surface area contributed by atoms with Crippen LogP contribution in [0.25, 0.3) is 0 Å². The Hall–Kier alpha value is -0.730. The standard InChI is InChI=1S/C11H13Cl2NO/c12-5-2-6-14-11(15)8-9-3-1-4-10(13)7-9/h1,3-4,7H,2,5-6,8H2,(H,14,15). The molecule has 0 aliphatic rings. The Kier molecular flexibility index (Phi) is 5.51. The van der Waals surface area contributed by atoms with Gasteiger partial charge in [0.2, 0.25) is 5.91 Å². The highest BCUT2D eigenvalue weighted by molar-refractivity contribution is 6.30. The summed E-state index contributed by atoms with van der Waals surface area (Å²) in [6, 6.07) is 7.30. The fourth-order valence-corrected chi connectivity index (χ4v) is 1.54. The van der Waals surface area contributed by atoms with Crippen LogP contribution in [0.4, 0.5) is 0 Å². The molecule has 0 bridgehead atoms. The average Bonchev–Trinajstić information content (AvgIpc) is 2.18. The van der Waals surface area contributed by atoms with Crippen LogP contribution in [0.1, 0.15) is 12.0 Å². The summed E-state index contributed by atoms with van der Waals surface area (Å²) in [7, 11) is 0. The lowest BCUT2D eigenvalue weighted by Gasteiger charge is -2.04. The number of carbonyl (C=O) groups is 1. The van der Waals surface area contributed by atoms with Crippen LogP contribution in [0, 0.1) is 0 Å². The van der Waals surface area contributed by atoms with E-state index in [0.29, 0.717) is 23.9 Å². The molecule has 0 aromatic heterocycles. The van der Waals surface area contributed by atoms with Crippen molar-refractivity contribution < 1.29 is 4.79 Å². The smallest absolute Gasteiger partial charge is 0.224 e. The summed E-state index contributed by atoms with van der Waals surface area (Å²) in [5, 5.41) is 3.44. The van der Waals surface area contributed by atoms with Crippen LogP contribution in [0.3, 0.4) is 0 Å². The fourth-order valence-electron chi connectivity index (χ4n) is 1.19. The maximum atomic E-state index is 11.4. The van der Waals surface area contributed by atoms with E-state index in [2.05, 4.69) is 5.32 Å². The highest BCUT2D eigenvalue weighted by Gasteiger charge is 2.02. The molecule has 0 aliphatic heterocycles. The fraction of sp³-hybridized carbons (Fsp3) is 0.364. The van der Waals surface area contributed by atoms with Crippen LogP contribution >= 0.6 is 23.2 Å². The molecular weight excluding hydrogens is 233 g/mol. The summed E-state index contributed by atoms with van der Waals surface area (Å²) in [6.07, 6.45) is 1.16. The van der Waals surface area contributed by atoms with Crippen molar-refractivity contribution >= 4 is 29.1 Å². The van der Waals surface area contributed by atoms with Gasteiger partial charge in [-0.25, -0.2) is 0 Å². The van der Waals surface area contributed by atoms with Crippen LogP contribution in [-0.4, -0.2) is 18.3 Å². The van der Waals surface area contributed by atoms with Gasteiger partial charge in [0.05, 0.1) is 6.42 Å². The lowest BCUT2D eigenvalue weighted by Crippen LogP contribution is -2.26. The van der Waals surface area contributed by atoms with Crippen LogP contribution in [0.2, 0.25) is 5.02 Å². The zero-order valence-corrected chi connectivity index (χ0v) is 9.81. The molecule has 15 heavy (non-hydrogen) atoms. The molecule has 1 aromatic rings. The van der Waals surface area contributed by atoms with E-state index in [0.717, 1.165) is 12.0 Å². The molecule has 0 atom stereocenters. The Morgan fingerprint density at radius 2 is 2.20 bits per heavy atom. The molecule has 0 heterocycles. The topological polar surface area (TPSA) is 29.1 Å². The van der Waals surface area contributed by atoms with Crippen molar-refractivity contribution in [3.05, 3.63) is 34.9 Å². The number of amides is 1. The molecule has 1 amide bonds. The van der Waals surface area contributed by atoms with Crippen molar-refractivity contribution in [1.29, 1.82) is 0 Å². The lowest BCUT2D eigenvalue weighted by molar-refractivity contribution is -0.120. The number of rotatable bonds is 5. The number of alkyl halides is 1. The van der Waals surface area contributed by atoms with Crippen molar-refractivity contribution in [2.24, 2.45) is 0 Å². The number of hydrogen-bond donors (Lipinski definition) is 1. The van der Waals surface area contributed by atoms with Crippen molar-refractivity contribution in [3.63, 3.8) is 0 Å². The van der Waals surface area contributed by atoms with Crippen LogP contribution in [0.15, 0.2) is 24.3 Å². The SMILES string of the molecule is O=C(Cc1cccc(Cl)c1)NCCCCl. The Balaban J connectivity index is 2.37. The third-order valence-corrected chi connectivity index (χ3v) is 2.39. The summed E-state index contributed by atoms with van der Waals surface area (Å²) in [5.74, 6) is 0.569. The predicted molar refractivity (Wildman–Crippen MR) is 63.5 cm³/mol. The zero-order chi connectivity index (χ0) is 11.1. The van der Waals surface area contributed by atoms with Gasteiger partial charge in [0.15, 0.2) is 0 Å². The van der Waals surface area contributed by atoms with Gasteiger partial charge in [-0.3, -0.25) is 4.79 Å². The van der Waals surface area contributed by atoms with Gasteiger partial charge < -0.3 is 5.32 Å². The quantitative estimate of drug-likeness (QED) is 0.628. The molecule has 0 aliphatic carbocycles. The zero-order valence-electron chi connectivity index (χ0n) is 8.30. The highest BCUT2D eigenvalue weighted by Crippen LogP contribution is 2.10. The Morgan fingerprint density at radius 3 is 2.87 bits per heavy atom. The van der Waals surface area contributed by atoms with E-state index in [4.69, 9.17) is 23.2 Å². The van der Waals surface area contributed by atoms with Crippen LogP contribution in [0.5, 0.6) is 0 Å². The van der Waals surface area contributed by atoms with Gasteiger partial charge in [0.1, 0.15) is 0 Å². The molecule has 1 N–H and O–H groups in total. The second-order valence-corrected chi connectivity index (χ2v) is 4.01. The first-order valence-corrected chi connectivity index (χ1v) is 5.70. The first-order chi connectivity index (χ1) is 7.22. The monoisotopic (exact) mass is 245 g/mol. The van der Waals surface area contributed by atoms with Crippen molar-refractivity contribution in [2.75, 3.05) is 12.4 Å². The molecule has 0 unspecified atom stereocenters. The van der Waals surface area contributed by atoms with E-state index in [1.54, 1.807) is 12.1 Å². The van der Waals surface area contributed by atoms with E-state index in [1.807, 2.05) is 12.1 Å². The van der Waals surface area contributed by atoms with E-state index in [1.165, 1.54) is 0 Å². The molecule has 0 saturated carbocycles. The maximum absolute atomic E-state index is 11.4. The lowest BCUT2D eigenvalue weighted by atomic mass is 10.1. The summed E-state index contributed by atoms with van der Waals surface area (Å²) in [6.45, 7) is 0.628. The van der Waals surface area contributed by atoms with Gasteiger partial charge in [-0.1, -0.05) is 23.7 Å². The van der Waals surface area contributed by atoms with Crippen molar-refractivity contribution in [2.45, 2.75) is 12.8 Å². The number of halogens is 2. The van der Waals surface area contributed by atoms with Crippen molar-refractivity contribution in [3.8, 4) is 0 Å². The maximum Gasteiger partial charge on any atom is 0.224 e. The second kappa shape index (κ2) is 6.70. The van der Waals surface area contributed by atoms with Gasteiger partial charge in [-0.15, -0.1) is 11.6 Å². The first kappa shape index (κ1) is 12.3. The van der Waals surface area contributed by atoms with Crippen molar-refractivity contribution in [1.82, 2.24) is 5.32 Å². The molecule has 4 heteroatoms. The predicted octanol–water partition coefficient (Wildman–Crippen LogP) is 2.63. The average molecular weight is 246 g/mol. The number of benzene rings is 1. The first-order valence-electron chi connectivity index (χ1n) is 4.79. The van der Waals surface area contributed by atoms with Gasteiger partial charge in [0.25, 0.3) is 0 Å². The molecule has 0 spiro atoms. The van der Waals surface area contributed by atoms with E-state index >= 15 is 0 Å². The molecular formula is C11H13Cl2NO. The van der Waals surface area contributed by atoms with E-state index in [-0.39, 0.29) is 5.91 Å². The molecule has 0 fully saturated rings. The minimum atomic E-state index is 0.00221. The summed E-state index contributed by atoms with van der Waals surface area (Å²) < 4.78 is 0. The molecule has 0 saturated heterocycles. The highest BCUT2D eigenvalue weighted by atomic mass is 35.5. The van der Waals surface area contributed by atoms with Gasteiger partial charge in [-0.2, -0.15) is 0 Å². The van der Waals surface area contributed by atoms with E-state index in [9.17, 15) is 4.79 Å². The molecule has 2 nitrogen and oxygen atoms in total. The Labute approximate surface area is 99.6 Å². The normalized spacial score (nSPS) is 10.0. The molecule has 1 rings (SSSR count). The molecule has 0 radical (unpaired) electrons. The summed E-state index contributed by atoms with van der Waals surface area (Å²) >= 11 is 11.3. The third-order valence-electron chi connectivity index (χ3n) is 1.89. The number of carbonyl (C=O) groups excluding carboxylic acids is 1. The second-order valence-electron chi connectivity index (χ2n) is 3.20. The number of nitrogens with one attached hydrogen (secondary N) is 1. The summed E-state index contributed by atoms with van der Waals surface area (Å²) in [5.41, 5.74) is 0.922. The third kappa shape index (κ3) is 5.05. The van der Waals surface area contributed by atoms with E-state index < -0.39 is 0 Å². The van der Waals surface area contributed by atoms with Crippen LogP contribution < -0.4 is 5.32 Å². The van der Waals surface area contributed by atoms with Gasteiger partial charge >= 0.3 is 0 Å². The molecule has 1 aromatic carbocycles. The van der Waals surface area contributed by atoms with Gasteiger partial charge in [0, 0.05) is 17.4 Å². The summed E-state index contributed by atoms with van der Waals surface area (Å²) in [4.78, 5) is 11.4. The van der Waals surface area contributed by atoms with Gasteiger partial charge in [-0.05, 0) is 24.1 Å². The Bertz CT molecular complexity index is 328. The molecule has 82 valence electrons. The number of hydrogen-bond acceptors (Lipinski definition) is 1. The largest absolute Gasteiger partial charge is 0.356 e. The minimum Gasteiger partial charge on any atom is -0.356 e. The Morgan fingerprint density at radius 1 is 1.40 bits per heavy atom.